The zero-order valence-electron chi connectivity index (χ0n) is 17.5. The van der Waals surface area contributed by atoms with E-state index in [9.17, 15) is 31.2 Å². The summed E-state index contributed by atoms with van der Waals surface area (Å²) in [6.45, 7) is 5.34. The first-order chi connectivity index (χ1) is 14.3. The Balaban J connectivity index is 2.32. The maximum absolute atomic E-state index is 13.5. The number of carbonyl (C=O) groups is 2. The maximum Gasteiger partial charge on any atom is 0.516 e. The number of amides is 2. The van der Waals surface area contributed by atoms with Crippen molar-refractivity contribution >= 4 is 33.4 Å². The van der Waals surface area contributed by atoms with E-state index < -0.39 is 33.3 Å². The minimum atomic E-state index is -5.83. The lowest BCUT2D eigenvalue weighted by Gasteiger charge is -2.48. The van der Waals surface area contributed by atoms with Crippen molar-refractivity contribution in [3.63, 3.8) is 0 Å². The third-order valence-corrected chi connectivity index (χ3v) is 7.11. The number of hydrogen-bond donors (Lipinski definition) is 1. The van der Waals surface area contributed by atoms with Crippen molar-refractivity contribution in [2.24, 2.45) is 5.41 Å². The molecule has 1 aromatic rings. The van der Waals surface area contributed by atoms with Gasteiger partial charge in [-0.25, -0.2) is 4.72 Å². The Kier molecular flexibility index (Phi) is 7.68. The van der Waals surface area contributed by atoms with Gasteiger partial charge >= 0.3 is 15.5 Å². The monoisotopic (exact) mass is 482 g/mol. The topological polar surface area (TPSA) is 83.6 Å². The van der Waals surface area contributed by atoms with Crippen LogP contribution in [0.5, 0.6) is 0 Å². The number of halogens is 4. The van der Waals surface area contributed by atoms with Crippen molar-refractivity contribution in [1.29, 1.82) is 0 Å². The molecule has 0 saturated carbocycles. The van der Waals surface area contributed by atoms with E-state index in [1.54, 1.807) is 17.0 Å². The molecule has 11 heteroatoms. The van der Waals surface area contributed by atoms with Gasteiger partial charge in [-0.1, -0.05) is 44.5 Å². The fourth-order valence-electron chi connectivity index (χ4n) is 4.03. The van der Waals surface area contributed by atoms with E-state index in [1.165, 1.54) is 6.92 Å². The molecular weight excluding hydrogens is 457 g/mol. The first-order valence-corrected chi connectivity index (χ1v) is 11.8. The van der Waals surface area contributed by atoms with Gasteiger partial charge in [0.2, 0.25) is 11.8 Å². The summed E-state index contributed by atoms with van der Waals surface area (Å²) in [7, 11) is -5.83. The molecule has 1 aliphatic rings. The second kappa shape index (κ2) is 9.36. The van der Waals surface area contributed by atoms with Gasteiger partial charge in [0.05, 0.1) is 11.5 Å². The molecule has 1 aliphatic heterocycles. The highest BCUT2D eigenvalue weighted by Crippen LogP contribution is 2.44. The third kappa shape index (κ3) is 5.52. The fraction of sp³-hybridized carbons (Fsp3) is 0.600. The number of sulfonamides is 1. The molecule has 0 aromatic heterocycles. The van der Waals surface area contributed by atoms with Crippen LogP contribution >= 0.6 is 11.6 Å². The standard InChI is InChI=1S/C20H26ClF3N2O4S/c1-4-15(5-2)26-16(13-6-8-14(21)9-7-13)10-11-19(3,18(26)28)12-17(27)25-31(29,30)20(22,23)24/h6-9,15-16H,4-5,10-12H2,1-3H3,(H,25,27)/t16?,19-/m1/s1. The minimum Gasteiger partial charge on any atom is -0.332 e. The quantitative estimate of drug-likeness (QED) is 0.617. The maximum atomic E-state index is 13.5. The third-order valence-electron chi connectivity index (χ3n) is 5.75. The molecule has 1 aromatic carbocycles. The molecule has 1 fully saturated rings. The summed E-state index contributed by atoms with van der Waals surface area (Å²) in [5, 5.41) is 0.548. The van der Waals surface area contributed by atoms with E-state index in [1.807, 2.05) is 26.0 Å². The zero-order chi connectivity index (χ0) is 23.6. The van der Waals surface area contributed by atoms with Crippen LogP contribution < -0.4 is 4.72 Å². The van der Waals surface area contributed by atoms with Crippen LogP contribution in [0, 0.1) is 5.41 Å². The van der Waals surface area contributed by atoms with Crippen molar-refractivity contribution in [1.82, 2.24) is 9.62 Å². The minimum absolute atomic E-state index is 0.144. The molecular formula is C20H26ClF3N2O4S. The van der Waals surface area contributed by atoms with Crippen LogP contribution in [0.3, 0.4) is 0 Å². The fourth-order valence-corrected chi connectivity index (χ4v) is 4.64. The zero-order valence-corrected chi connectivity index (χ0v) is 19.1. The van der Waals surface area contributed by atoms with Gasteiger partial charge in [-0.3, -0.25) is 9.59 Å². The highest BCUT2D eigenvalue weighted by molar-refractivity contribution is 7.90. The van der Waals surface area contributed by atoms with Gasteiger partial charge in [-0.05, 0) is 43.4 Å². The Morgan fingerprint density at radius 2 is 1.81 bits per heavy atom. The average Bonchev–Trinajstić information content (AvgIpc) is 2.65. The second-order valence-electron chi connectivity index (χ2n) is 8.00. The molecule has 1 N–H and O–H groups in total. The molecule has 1 heterocycles. The smallest absolute Gasteiger partial charge is 0.332 e. The predicted molar refractivity (Wildman–Crippen MR) is 110 cm³/mol. The largest absolute Gasteiger partial charge is 0.516 e. The SMILES string of the molecule is CCC(CC)N1C(=O)[C@@](C)(CC(=O)NS(=O)(=O)C(F)(F)F)CCC1c1ccc(Cl)cc1. The van der Waals surface area contributed by atoms with Crippen molar-refractivity contribution < 1.29 is 31.2 Å². The van der Waals surface area contributed by atoms with Crippen LogP contribution in [-0.4, -0.2) is 36.7 Å². The van der Waals surface area contributed by atoms with Gasteiger partial charge in [0.1, 0.15) is 0 Å². The number of hydrogen-bond acceptors (Lipinski definition) is 4. The number of alkyl halides is 3. The van der Waals surface area contributed by atoms with Crippen molar-refractivity contribution in [3.05, 3.63) is 34.9 Å². The first kappa shape index (κ1) is 25.5. The van der Waals surface area contributed by atoms with Crippen LogP contribution in [0.1, 0.15) is 64.5 Å². The molecule has 0 bridgehead atoms. The molecule has 0 aliphatic carbocycles. The van der Waals surface area contributed by atoms with Crippen LogP contribution in [0.4, 0.5) is 13.2 Å². The number of likely N-dealkylation sites (tertiary alicyclic amines) is 1. The van der Waals surface area contributed by atoms with Crippen molar-refractivity contribution in [2.75, 3.05) is 0 Å². The number of piperidine rings is 1. The van der Waals surface area contributed by atoms with E-state index in [0.29, 0.717) is 24.3 Å². The molecule has 1 unspecified atom stereocenters. The Labute approximate surface area is 185 Å². The van der Waals surface area contributed by atoms with Gasteiger partial charge in [0, 0.05) is 17.5 Å². The van der Waals surface area contributed by atoms with Gasteiger partial charge in [-0.2, -0.15) is 21.6 Å². The van der Waals surface area contributed by atoms with Crippen molar-refractivity contribution in [3.8, 4) is 0 Å². The number of nitrogens with one attached hydrogen (secondary N) is 1. The van der Waals surface area contributed by atoms with E-state index in [4.69, 9.17) is 11.6 Å². The average molecular weight is 483 g/mol. The predicted octanol–water partition coefficient (Wildman–Crippen LogP) is 4.55. The van der Waals surface area contributed by atoms with Crippen LogP contribution in [0.15, 0.2) is 24.3 Å². The van der Waals surface area contributed by atoms with Gasteiger partial charge in [0.15, 0.2) is 0 Å². The summed E-state index contributed by atoms with van der Waals surface area (Å²) in [5.74, 6) is -1.74. The number of rotatable bonds is 7. The Hall–Kier alpha value is -1.81. The highest BCUT2D eigenvalue weighted by Gasteiger charge is 2.50. The summed E-state index contributed by atoms with van der Waals surface area (Å²) in [5.41, 5.74) is -6.06. The number of benzene rings is 1. The Bertz CT molecular complexity index is 917. The van der Waals surface area contributed by atoms with Crippen LogP contribution in [-0.2, 0) is 19.6 Å². The van der Waals surface area contributed by atoms with E-state index in [-0.39, 0.29) is 24.4 Å². The summed E-state index contributed by atoms with van der Waals surface area (Å²) in [4.78, 5) is 27.3. The van der Waals surface area contributed by atoms with E-state index in [0.717, 1.165) is 10.3 Å². The number of nitrogens with zero attached hydrogens (tertiary/aromatic N) is 1. The summed E-state index contributed by atoms with van der Waals surface area (Å²) in [6, 6.07) is 6.66. The first-order valence-electron chi connectivity index (χ1n) is 9.96. The van der Waals surface area contributed by atoms with E-state index in [2.05, 4.69) is 0 Å². The second-order valence-corrected chi connectivity index (χ2v) is 10.1. The van der Waals surface area contributed by atoms with Crippen LogP contribution in [0.2, 0.25) is 5.02 Å². The summed E-state index contributed by atoms with van der Waals surface area (Å²) < 4.78 is 61.3. The molecule has 2 amide bonds. The van der Waals surface area contributed by atoms with Gasteiger partial charge in [-0.15, -0.1) is 0 Å². The summed E-state index contributed by atoms with van der Waals surface area (Å²) >= 11 is 5.97. The lowest BCUT2D eigenvalue weighted by Crippen LogP contribution is -2.54. The Morgan fingerprint density at radius 3 is 2.29 bits per heavy atom. The molecule has 6 nitrogen and oxygen atoms in total. The lowest BCUT2D eigenvalue weighted by molar-refractivity contribution is -0.155. The molecule has 2 rings (SSSR count). The normalized spacial score (nSPS) is 22.6. The van der Waals surface area contributed by atoms with Gasteiger partial charge in [0.25, 0.3) is 0 Å². The molecule has 0 spiro atoms. The molecule has 31 heavy (non-hydrogen) atoms. The highest BCUT2D eigenvalue weighted by atomic mass is 35.5. The Morgan fingerprint density at radius 1 is 1.26 bits per heavy atom. The van der Waals surface area contributed by atoms with Crippen LogP contribution in [0.25, 0.3) is 0 Å². The molecule has 1 saturated heterocycles. The van der Waals surface area contributed by atoms with E-state index >= 15 is 0 Å². The molecule has 2 atom stereocenters. The van der Waals surface area contributed by atoms with Gasteiger partial charge < -0.3 is 4.90 Å². The lowest BCUT2D eigenvalue weighted by atomic mass is 9.74. The number of carbonyl (C=O) groups excluding carboxylic acids is 2. The summed E-state index contributed by atoms with van der Waals surface area (Å²) in [6.07, 6.45) is 1.33. The van der Waals surface area contributed by atoms with Crippen molar-refractivity contribution in [2.45, 2.75) is 70.5 Å². The molecule has 0 radical (unpaired) electrons. The molecule has 174 valence electrons.